The van der Waals surface area contributed by atoms with E-state index in [0.717, 1.165) is 66.3 Å². The van der Waals surface area contributed by atoms with Gasteiger partial charge in [-0.15, -0.1) is 0 Å². The molecule has 0 saturated heterocycles. The molecule has 11 aromatic rings. The largest absolute Gasteiger partial charge is 0.456 e. The van der Waals surface area contributed by atoms with Gasteiger partial charge in [0, 0.05) is 39.0 Å². The summed E-state index contributed by atoms with van der Waals surface area (Å²) in [6.07, 6.45) is 0. The second-order valence-electron chi connectivity index (χ2n) is 12.9. The number of benzene rings is 9. The van der Waals surface area contributed by atoms with E-state index in [-0.39, 0.29) is 0 Å². The second kappa shape index (κ2) is 9.96. The van der Waals surface area contributed by atoms with Crippen LogP contribution >= 0.6 is 0 Å². The minimum atomic E-state index is 0.857. The van der Waals surface area contributed by atoms with Gasteiger partial charge >= 0.3 is 0 Å². The Morgan fingerprint density at radius 2 is 0.918 bits per heavy atom. The fraction of sp³-hybridized carbons (Fsp3) is 0. The summed E-state index contributed by atoms with van der Waals surface area (Å²) < 4.78 is 13.1. The van der Waals surface area contributed by atoms with Crippen molar-refractivity contribution in [2.24, 2.45) is 0 Å². The minimum Gasteiger partial charge on any atom is -0.456 e. The molecule has 0 aliphatic heterocycles. The molecule has 3 nitrogen and oxygen atoms in total. The third-order valence-corrected chi connectivity index (χ3v) is 10.2. The quantitative estimate of drug-likeness (QED) is 0.183. The maximum absolute atomic E-state index is 6.69. The Morgan fingerprint density at radius 3 is 1.78 bits per heavy atom. The first-order valence-corrected chi connectivity index (χ1v) is 16.7. The van der Waals surface area contributed by atoms with Gasteiger partial charge in [0.15, 0.2) is 0 Å². The van der Waals surface area contributed by atoms with Crippen LogP contribution in [0.15, 0.2) is 173 Å². The Kier molecular flexibility index (Phi) is 5.38. The first kappa shape index (κ1) is 26.5. The highest BCUT2D eigenvalue weighted by molar-refractivity contribution is 6.19. The molecule has 0 bridgehead atoms. The van der Waals surface area contributed by atoms with Gasteiger partial charge in [-0.25, -0.2) is 0 Å². The van der Waals surface area contributed by atoms with Crippen LogP contribution in [0.2, 0.25) is 0 Å². The Balaban J connectivity index is 1.21. The minimum absolute atomic E-state index is 0.857. The number of furan rings is 2. The third-order valence-electron chi connectivity index (χ3n) is 10.2. The van der Waals surface area contributed by atoms with Crippen molar-refractivity contribution in [2.75, 3.05) is 4.90 Å². The average Bonchev–Trinajstić information content (AvgIpc) is 3.73. The predicted molar refractivity (Wildman–Crippen MR) is 206 cm³/mol. The molecule has 0 fully saturated rings. The molecule has 0 N–H and O–H groups in total. The molecule has 0 amide bonds. The number of fused-ring (bicyclic) bond motifs is 13. The van der Waals surface area contributed by atoms with Gasteiger partial charge in [0.1, 0.15) is 22.3 Å². The van der Waals surface area contributed by atoms with Gasteiger partial charge in [0.05, 0.1) is 11.1 Å². The van der Waals surface area contributed by atoms with Gasteiger partial charge in [-0.1, -0.05) is 109 Å². The molecule has 0 atom stereocenters. The van der Waals surface area contributed by atoms with Gasteiger partial charge < -0.3 is 13.7 Å². The normalized spacial score (nSPS) is 12.1. The lowest BCUT2D eigenvalue weighted by Gasteiger charge is -2.26. The summed E-state index contributed by atoms with van der Waals surface area (Å²) in [4.78, 5) is 2.36. The van der Waals surface area contributed by atoms with Crippen molar-refractivity contribution in [2.45, 2.75) is 0 Å². The van der Waals surface area contributed by atoms with Crippen LogP contribution in [0, 0.1) is 0 Å². The van der Waals surface area contributed by atoms with Gasteiger partial charge in [-0.05, 0) is 86.2 Å². The summed E-state index contributed by atoms with van der Waals surface area (Å²) >= 11 is 0. The van der Waals surface area contributed by atoms with E-state index < -0.39 is 0 Å². The van der Waals surface area contributed by atoms with Gasteiger partial charge in [0.25, 0.3) is 0 Å². The van der Waals surface area contributed by atoms with E-state index in [4.69, 9.17) is 8.83 Å². The standard InChI is InChI=1S/C46H27NO2/c1-3-10-33-28(8-1)17-23-36-35(33)22-18-30-16-20-31(26-40(30)36)47(41-13-7-15-43-45(41)39-12-5-6-14-42(39)48-43)32-21-25-37-38-24-19-29-9-2-4-11-34(29)46(38)49-44(37)27-32/h1-27H. The highest BCUT2D eigenvalue weighted by Crippen LogP contribution is 2.45. The van der Waals surface area contributed by atoms with E-state index in [0.29, 0.717) is 0 Å². The topological polar surface area (TPSA) is 29.5 Å². The fourth-order valence-electron chi connectivity index (χ4n) is 7.95. The monoisotopic (exact) mass is 625 g/mol. The van der Waals surface area contributed by atoms with Crippen molar-refractivity contribution in [1.29, 1.82) is 0 Å². The van der Waals surface area contributed by atoms with Crippen LogP contribution in [-0.4, -0.2) is 0 Å². The molecule has 2 aromatic heterocycles. The van der Waals surface area contributed by atoms with Crippen molar-refractivity contribution in [3.8, 4) is 0 Å². The summed E-state index contributed by atoms with van der Waals surface area (Å²) in [7, 11) is 0. The number of rotatable bonds is 3. The van der Waals surface area contributed by atoms with E-state index >= 15 is 0 Å². The van der Waals surface area contributed by atoms with Gasteiger partial charge in [0.2, 0.25) is 0 Å². The van der Waals surface area contributed by atoms with Crippen LogP contribution in [0.4, 0.5) is 17.1 Å². The number of hydrogen-bond acceptors (Lipinski definition) is 3. The molecule has 9 aromatic carbocycles. The molecule has 3 heteroatoms. The highest BCUT2D eigenvalue weighted by atomic mass is 16.3. The zero-order valence-corrected chi connectivity index (χ0v) is 26.4. The summed E-state index contributed by atoms with van der Waals surface area (Å²) in [5, 5.41) is 14.1. The predicted octanol–water partition coefficient (Wildman–Crippen LogP) is 13.6. The Morgan fingerprint density at radius 1 is 0.327 bits per heavy atom. The van der Waals surface area contributed by atoms with Crippen molar-refractivity contribution < 1.29 is 8.83 Å². The maximum atomic E-state index is 6.69. The Hall–Kier alpha value is -6.58. The lowest BCUT2D eigenvalue weighted by Crippen LogP contribution is -2.10. The summed E-state index contributed by atoms with van der Waals surface area (Å²) in [5.41, 5.74) is 6.64. The summed E-state index contributed by atoms with van der Waals surface area (Å²) in [6.45, 7) is 0. The maximum Gasteiger partial charge on any atom is 0.143 e. The van der Waals surface area contributed by atoms with Crippen LogP contribution in [-0.2, 0) is 0 Å². The van der Waals surface area contributed by atoms with E-state index in [1.54, 1.807) is 0 Å². The van der Waals surface area contributed by atoms with Crippen LogP contribution in [0.5, 0.6) is 0 Å². The molecule has 49 heavy (non-hydrogen) atoms. The van der Waals surface area contributed by atoms with Crippen LogP contribution < -0.4 is 4.90 Å². The molecule has 228 valence electrons. The molecule has 0 radical (unpaired) electrons. The van der Waals surface area contributed by atoms with Gasteiger partial charge in [-0.2, -0.15) is 0 Å². The lowest BCUT2D eigenvalue weighted by atomic mass is 9.96. The molecule has 0 spiro atoms. The molecule has 2 heterocycles. The molecular weight excluding hydrogens is 599 g/mol. The number of hydrogen-bond donors (Lipinski definition) is 0. The smallest absolute Gasteiger partial charge is 0.143 e. The summed E-state index contributed by atoms with van der Waals surface area (Å²) in [5.74, 6) is 0. The van der Waals surface area contributed by atoms with Crippen molar-refractivity contribution >= 4 is 104 Å². The van der Waals surface area contributed by atoms with Crippen LogP contribution in [0.1, 0.15) is 0 Å². The highest BCUT2D eigenvalue weighted by Gasteiger charge is 2.21. The van der Waals surface area contributed by atoms with Crippen molar-refractivity contribution in [1.82, 2.24) is 0 Å². The number of anilines is 3. The fourth-order valence-corrected chi connectivity index (χ4v) is 7.95. The third kappa shape index (κ3) is 3.84. The molecule has 0 saturated carbocycles. The lowest BCUT2D eigenvalue weighted by molar-refractivity contribution is 0.669. The van der Waals surface area contributed by atoms with Gasteiger partial charge in [-0.3, -0.25) is 0 Å². The first-order valence-electron chi connectivity index (χ1n) is 16.7. The van der Waals surface area contributed by atoms with Crippen molar-refractivity contribution in [3.63, 3.8) is 0 Å². The number of para-hydroxylation sites is 1. The molecule has 0 aliphatic carbocycles. The average molecular weight is 626 g/mol. The second-order valence-corrected chi connectivity index (χ2v) is 12.9. The summed E-state index contributed by atoms with van der Waals surface area (Å²) in [6, 6.07) is 58.5. The van der Waals surface area contributed by atoms with Crippen molar-refractivity contribution in [3.05, 3.63) is 164 Å². The molecule has 11 rings (SSSR count). The van der Waals surface area contributed by atoms with Crippen LogP contribution in [0.25, 0.3) is 87.0 Å². The molecule has 0 aliphatic rings. The molecule has 0 unspecified atom stereocenters. The van der Waals surface area contributed by atoms with Crippen LogP contribution in [0.3, 0.4) is 0 Å². The number of nitrogens with zero attached hydrogens (tertiary/aromatic N) is 1. The zero-order chi connectivity index (χ0) is 32.1. The van der Waals surface area contributed by atoms with E-state index in [9.17, 15) is 0 Å². The Bertz CT molecular complexity index is 3130. The van der Waals surface area contributed by atoms with E-state index in [2.05, 4.69) is 157 Å². The zero-order valence-electron chi connectivity index (χ0n) is 26.4. The first-order chi connectivity index (χ1) is 24.3. The van der Waals surface area contributed by atoms with E-state index in [1.165, 1.54) is 37.7 Å². The molecular formula is C46H27NO2. The van der Waals surface area contributed by atoms with E-state index in [1.807, 2.05) is 12.1 Å². The Labute approximate surface area is 280 Å². The SMILES string of the molecule is c1ccc2c(c1)ccc1c3cc(N(c4ccc5c(c4)oc4c6ccccc6ccc54)c4cccc5oc6ccccc6c45)ccc3ccc21.